The first-order chi connectivity index (χ1) is 13.0. The number of nitrogens with one attached hydrogen (secondary N) is 1. The lowest BCUT2D eigenvalue weighted by Gasteiger charge is -2.32. The lowest BCUT2D eigenvalue weighted by Crippen LogP contribution is -2.47. The van der Waals surface area contributed by atoms with Crippen LogP contribution < -0.4 is 5.32 Å². The van der Waals surface area contributed by atoms with Crippen LogP contribution >= 0.6 is 11.6 Å². The van der Waals surface area contributed by atoms with Gasteiger partial charge >= 0.3 is 0 Å². The maximum absolute atomic E-state index is 12.6. The van der Waals surface area contributed by atoms with Crippen LogP contribution in [0.15, 0.2) is 42.6 Å². The molecule has 0 saturated carbocycles. The summed E-state index contributed by atoms with van der Waals surface area (Å²) in [6.07, 6.45) is 2.19. The number of carbonyl (C=O) groups excluding carboxylic acids is 2. The molecule has 27 heavy (non-hydrogen) atoms. The fourth-order valence-electron chi connectivity index (χ4n) is 2.98. The molecule has 1 saturated heterocycles. The molecule has 1 fully saturated rings. The zero-order chi connectivity index (χ0) is 19.2. The second kappa shape index (κ2) is 8.97. The third-order valence-corrected chi connectivity index (χ3v) is 4.86. The second-order valence-electron chi connectivity index (χ2n) is 6.66. The summed E-state index contributed by atoms with van der Waals surface area (Å²) in [6.45, 7) is 3.52. The molecule has 0 bridgehead atoms. The van der Waals surface area contributed by atoms with Crippen LogP contribution in [0.3, 0.4) is 0 Å². The average Bonchev–Trinajstić information content (AvgIpc) is 2.68. The van der Waals surface area contributed by atoms with Gasteiger partial charge < -0.3 is 15.1 Å². The topological polar surface area (TPSA) is 65.5 Å². The van der Waals surface area contributed by atoms with E-state index >= 15 is 0 Å². The zero-order valence-corrected chi connectivity index (χ0v) is 16.1. The molecule has 0 aliphatic carbocycles. The number of amides is 2. The molecule has 7 heteroatoms. The number of rotatable bonds is 5. The number of carbonyl (C=O) groups is 2. The van der Waals surface area contributed by atoms with Crippen molar-refractivity contribution in [1.29, 1.82) is 0 Å². The van der Waals surface area contributed by atoms with Gasteiger partial charge in [-0.1, -0.05) is 23.7 Å². The molecule has 1 aliphatic rings. The highest BCUT2D eigenvalue weighted by Crippen LogP contribution is 2.11. The molecule has 6 nitrogen and oxygen atoms in total. The Bertz CT molecular complexity index is 819. The van der Waals surface area contributed by atoms with Gasteiger partial charge in [-0.3, -0.25) is 14.6 Å². The molecular formula is C20H23ClN4O2. The summed E-state index contributed by atoms with van der Waals surface area (Å²) < 4.78 is 0. The predicted octanol–water partition coefficient (Wildman–Crippen LogP) is 2.10. The van der Waals surface area contributed by atoms with Gasteiger partial charge in [-0.25, -0.2) is 0 Å². The number of nitrogens with zero attached hydrogens (tertiary/aromatic N) is 3. The van der Waals surface area contributed by atoms with Gasteiger partial charge in [-0.2, -0.15) is 0 Å². The van der Waals surface area contributed by atoms with Gasteiger partial charge in [0.05, 0.1) is 0 Å². The van der Waals surface area contributed by atoms with E-state index in [2.05, 4.69) is 15.2 Å². The molecule has 0 spiro atoms. The number of aromatic nitrogens is 1. The largest absolute Gasteiger partial charge is 0.352 e. The maximum Gasteiger partial charge on any atom is 0.272 e. The highest BCUT2D eigenvalue weighted by atomic mass is 35.5. The number of piperazine rings is 1. The quantitative estimate of drug-likeness (QED) is 0.854. The van der Waals surface area contributed by atoms with Crippen LogP contribution in [0, 0.1) is 0 Å². The van der Waals surface area contributed by atoms with Crippen molar-refractivity contribution in [2.75, 3.05) is 39.8 Å². The normalized spacial score (nSPS) is 14.8. The third-order valence-electron chi connectivity index (χ3n) is 4.62. The fourth-order valence-corrected chi connectivity index (χ4v) is 3.19. The zero-order valence-electron chi connectivity index (χ0n) is 15.3. The molecule has 0 atom stereocenters. The molecule has 0 unspecified atom stereocenters. The molecule has 3 rings (SSSR count). The predicted molar refractivity (Wildman–Crippen MR) is 105 cm³/mol. The molecule has 2 aromatic rings. The molecule has 1 aromatic heterocycles. The van der Waals surface area contributed by atoms with Crippen LogP contribution in [0.25, 0.3) is 0 Å². The Balaban J connectivity index is 1.57. The first-order valence-electron chi connectivity index (χ1n) is 8.99. The lowest BCUT2D eigenvalue weighted by molar-refractivity contribution is 0.0658. The molecule has 2 amide bonds. The van der Waals surface area contributed by atoms with Crippen LogP contribution in [-0.4, -0.2) is 66.4 Å². The van der Waals surface area contributed by atoms with Crippen molar-refractivity contribution in [2.24, 2.45) is 0 Å². The highest BCUT2D eigenvalue weighted by Gasteiger charge is 2.22. The van der Waals surface area contributed by atoms with Crippen molar-refractivity contribution in [3.8, 4) is 0 Å². The molecule has 1 N–H and O–H groups in total. The summed E-state index contributed by atoms with van der Waals surface area (Å²) in [5.74, 6) is -0.344. The van der Waals surface area contributed by atoms with Crippen molar-refractivity contribution in [1.82, 2.24) is 20.1 Å². The summed E-state index contributed by atoms with van der Waals surface area (Å²) >= 11 is 5.97. The van der Waals surface area contributed by atoms with Gasteiger partial charge in [0.2, 0.25) is 0 Å². The first kappa shape index (κ1) is 19.3. The van der Waals surface area contributed by atoms with E-state index in [4.69, 9.17) is 11.6 Å². The minimum Gasteiger partial charge on any atom is -0.352 e. The lowest BCUT2D eigenvalue weighted by atomic mass is 10.1. The minimum absolute atomic E-state index is 0.128. The number of hydrogen-bond donors (Lipinski definition) is 1. The Hall–Kier alpha value is -2.44. The van der Waals surface area contributed by atoms with Gasteiger partial charge in [0.1, 0.15) is 5.69 Å². The molecule has 2 heterocycles. The van der Waals surface area contributed by atoms with E-state index in [1.807, 2.05) is 31.3 Å². The number of pyridine rings is 1. The van der Waals surface area contributed by atoms with Crippen molar-refractivity contribution >= 4 is 23.4 Å². The number of likely N-dealkylation sites (N-methyl/N-ethyl adjacent to an activating group) is 1. The van der Waals surface area contributed by atoms with E-state index in [0.717, 1.165) is 18.7 Å². The molecule has 142 valence electrons. The molecule has 1 aliphatic heterocycles. The van der Waals surface area contributed by atoms with Gasteiger partial charge in [-0.15, -0.1) is 0 Å². The smallest absolute Gasteiger partial charge is 0.272 e. The van der Waals surface area contributed by atoms with E-state index in [1.54, 1.807) is 17.0 Å². The van der Waals surface area contributed by atoms with Gasteiger partial charge in [0, 0.05) is 49.5 Å². The van der Waals surface area contributed by atoms with E-state index in [9.17, 15) is 9.59 Å². The monoisotopic (exact) mass is 386 g/mol. The Morgan fingerprint density at radius 1 is 1.15 bits per heavy atom. The number of halogens is 1. The Morgan fingerprint density at radius 2 is 1.93 bits per heavy atom. The fraction of sp³-hybridized carbons (Fsp3) is 0.350. The van der Waals surface area contributed by atoms with Crippen molar-refractivity contribution in [2.45, 2.75) is 6.42 Å². The average molecular weight is 387 g/mol. The maximum atomic E-state index is 12.6. The minimum atomic E-state index is -0.216. The first-order valence-corrected chi connectivity index (χ1v) is 9.37. The van der Waals surface area contributed by atoms with E-state index < -0.39 is 0 Å². The van der Waals surface area contributed by atoms with Crippen LogP contribution in [0.1, 0.15) is 26.4 Å². The highest BCUT2D eigenvalue weighted by molar-refractivity contribution is 6.30. The third kappa shape index (κ3) is 5.28. The van der Waals surface area contributed by atoms with Crippen molar-refractivity contribution < 1.29 is 9.59 Å². The van der Waals surface area contributed by atoms with Crippen molar-refractivity contribution in [3.05, 3.63) is 64.4 Å². The second-order valence-corrected chi connectivity index (χ2v) is 7.10. The standard InChI is InChI=1S/C20H23ClN4O2/c1-24-9-11-25(12-10-24)20(27)18-14-16(6-8-22-18)19(26)23-7-5-15-3-2-4-17(21)13-15/h2-4,6,8,13-14H,5,7,9-12H2,1H3,(H,23,26). The van der Waals surface area contributed by atoms with Crippen LogP contribution in [0.5, 0.6) is 0 Å². The summed E-state index contributed by atoms with van der Waals surface area (Å²) in [4.78, 5) is 33.1. The summed E-state index contributed by atoms with van der Waals surface area (Å²) in [6, 6.07) is 10.7. The molecule has 1 aromatic carbocycles. The summed E-state index contributed by atoms with van der Waals surface area (Å²) in [5.41, 5.74) is 1.80. The van der Waals surface area contributed by atoms with E-state index in [0.29, 0.717) is 42.3 Å². The number of hydrogen-bond acceptors (Lipinski definition) is 4. The van der Waals surface area contributed by atoms with Gasteiger partial charge in [-0.05, 0) is 43.3 Å². The molecule has 0 radical (unpaired) electrons. The summed E-state index contributed by atoms with van der Waals surface area (Å²) in [5, 5.41) is 3.56. The van der Waals surface area contributed by atoms with E-state index in [-0.39, 0.29) is 11.8 Å². The van der Waals surface area contributed by atoms with Crippen molar-refractivity contribution in [3.63, 3.8) is 0 Å². The Kier molecular flexibility index (Phi) is 6.42. The Morgan fingerprint density at radius 3 is 2.67 bits per heavy atom. The van der Waals surface area contributed by atoms with Crippen LogP contribution in [0.4, 0.5) is 0 Å². The summed E-state index contributed by atoms with van der Waals surface area (Å²) in [7, 11) is 2.04. The van der Waals surface area contributed by atoms with Crippen LogP contribution in [-0.2, 0) is 6.42 Å². The molecular weight excluding hydrogens is 364 g/mol. The number of benzene rings is 1. The van der Waals surface area contributed by atoms with Gasteiger partial charge in [0.15, 0.2) is 0 Å². The Labute approximate surface area is 164 Å². The van der Waals surface area contributed by atoms with Crippen LogP contribution in [0.2, 0.25) is 5.02 Å². The van der Waals surface area contributed by atoms with Gasteiger partial charge in [0.25, 0.3) is 11.8 Å². The van der Waals surface area contributed by atoms with E-state index in [1.165, 1.54) is 6.20 Å². The SMILES string of the molecule is CN1CCN(C(=O)c2cc(C(=O)NCCc3cccc(Cl)c3)ccn2)CC1.